The zero-order valence-corrected chi connectivity index (χ0v) is 12.0. The fourth-order valence-corrected chi connectivity index (χ4v) is 1.92. The van der Waals surface area contributed by atoms with Gasteiger partial charge in [0.2, 0.25) is 0 Å². The van der Waals surface area contributed by atoms with Crippen molar-refractivity contribution in [1.29, 1.82) is 0 Å². The van der Waals surface area contributed by atoms with Crippen molar-refractivity contribution < 1.29 is 9.18 Å². The summed E-state index contributed by atoms with van der Waals surface area (Å²) in [5.74, 6) is 4.56. The van der Waals surface area contributed by atoms with E-state index in [-0.39, 0.29) is 24.1 Å². The third kappa shape index (κ3) is 4.67. The van der Waals surface area contributed by atoms with Crippen molar-refractivity contribution in [3.63, 3.8) is 0 Å². The van der Waals surface area contributed by atoms with Crippen molar-refractivity contribution in [3.05, 3.63) is 35.1 Å². The topological polar surface area (TPSA) is 55.1 Å². The summed E-state index contributed by atoms with van der Waals surface area (Å²) in [5.41, 5.74) is 5.91. The molecule has 0 aliphatic rings. The first-order chi connectivity index (χ1) is 9.62. The molecule has 1 amide bonds. The van der Waals surface area contributed by atoms with Crippen molar-refractivity contribution in [2.24, 2.45) is 5.73 Å². The molecule has 108 valence electrons. The van der Waals surface area contributed by atoms with Crippen LogP contribution in [0.1, 0.15) is 49.0 Å². The second-order valence-electron chi connectivity index (χ2n) is 4.57. The van der Waals surface area contributed by atoms with Crippen LogP contribution in [0, 0.1) is 17.7 Å². The lowest BCUT2D eigenvalue weighted by molar-refractivity contribution is 0.0929. The molecule has 20 heavy (non-hydrogen) atoms. The maximum Gasteiger partial charge on any atom is 0.254 e. The molecule has 0 saturated carbocycles. The van der Waals surface area contributed by atoms with E-state index >= 15 is 0 Å². The van der Waals surface area contributed by atoms with E-state index in [1.165, 1.54) is 18.2 Å². The SMILES string of the molecule is CCCC(CC)NC(=O)c1cc(C#CCN)ccc1F. The number of nitrogens with two attached hydrogens (primary N) is 1. The minimum atomic E-state index is -0.535. The third-order valence-corrected chi connectivity index (χ3v) is 3.01. The van der Waals surface area contributed by atoms with E-state index in [0.717, 1.165) is 19.3 Å². The molecule has 0 spiro atoms. The lowest BCUT2D eigenvalue weighted by Crippen LogP contribution is -2.34. The fraction of sp³-hybridized carbons (Fsp3) is 0.438. The molecule has 0 aromatic heterocycles. The van der Waals surface area contributed by atoms with E-state index in [4.69, 9.17) is 5.73 Å². The summed E-state index contributed by atoms with van der Waals surface area (Å²) < 4.78 is 13.7. The van der Waals surface area contributed by atoms with Crippen LogP contribution in [0.4, 0.5) is 4.39 Å². The number of hydrogen-bond donors (Lipinski definition) is 2. The Morgan fingerprint density at radius 3 is 2.80 bits per heavy atom. The average Bonchev–Trinajstić information content (AvgIpc) is 2.45. The van der Waals surface area contributed by atoms with Crippen molar-refractivity contribution in [2.75, 3.05) is 6.54 Å². The Morgan fingerprint density at radius 1 is 1.45 bits per heavy atom. The average molecular weight is 276 g/mol. The molecular weight excluding hydrogens is 255 g/mol. The molecule has 3 N–H and O–H groups in total. The first-order valence-electron chi connectivity index (χ1n) is 6.91. The zero-order valence-electron chi connectivity index (χ0n) is 12.0. The van der Waals surface area contributed by atoms with Gasteiger partial charge in [0.15, 0.2) is 0 Å². The maximum absolute atomic E-state index is 13.7. The zero-order chi connectivity index (χ0) is 15.0. The molecule has 1 rings (SSSR count). The largest absolute Gasteiger partial charge is 0.349 e. The molecule has 1 unspecified atom stereocenters. The fourth-order valence-electron chi connectivity index (χ4n) is 1.92. The number of nitrogens with one attached hydrogen (secondary N) is 1. The summed E-state index contributed by atoms with van der Waals surface area (Å²) in [4.78, 5) is 12.1. The molecule has 0 fully saturated rings. The van der Waals surface area contributed by atoms with Gasteiger partial charge in [-0.25, -0.2) is 4.39 Å². The van der Waals surface area contributed by atoms with Crippen LogP contribution in [-0.4, -0.2) is 18.5 Å². The van der Waals surface area contributed by atoms with Crippen LogP contribution < -0.4 is 11.1 Å². The maximum atomic E-state index is 13.7. The third-order valence-electron chi connectivity index (χ3n) is 3.01. The Morgan fingerprint density at radius 2 is 2.20 bits per heavy atom. The highest BCUT2D eigenvalue weighted by Gasteiger charge is 2.15. The molecule has 0 heterocycles. The van der Waals surface area contributed by atoms with Crippen LogP contribution in [0.2, 0.25) is 0 Å². The summed E-state index contributed by atoms with van der Waals surface area (Å²) in [5, 5.41) is 2.86. The number of carbonyl (C=O) groups is 1. The number of halogens is 1. The van der Waals surface area contributed by atoms with Gasteiger partial charge >= 0.3 is 0 Å². The van der Waals surface area contributed by atoms with Crippen LogP contribution >= 0.6 is 0 Å². The van der Waals surface area contributed by atoms with Gasteiger partial charge in [-0.2, -0.15) is 0 Å². The molecule has 0 aliphatic carbocycles. The van der Waals surface area contributed by atoms with Crippen LogP contribution in [0.25, 0.3) is 0 Å². The summed E-state index contributed by atoms with van der Waals surface area (Å²) in [7, 11) is 0. The van der Waals surface area contributed by atoms with E-state index in [1.807, 2.05) is 6.92 Å². The number of amides is 1. The molecule has 0 bridgehead atoms. The van der Waals surface area contributed by atoms with Gasteiger partial charge < -0.3 is 11.1 Å². The molecular formula is C16H21FN2O. The minimum Gasteiger partial charge on any atom is -0.349 e. The van der Waals surface area contributed by atoms with Gasteiger partial charge in [0.25, 0.3) is 5.91 Å². The monoisotopic (exact) mass is 276 g/mol. The molecule has 0 saturated heterocycles. The second kappa shape index (κ2) is 8.34. The first kappa shape index (κ1) is 16.2. The quantitative estimate of drug-likeness (QED) is 0.812. The molecule has 0 aliphatic heterocycles. The van der Waals surface area contributed by atoms with Gasteiger partial charge in [0.1, 0.15) is 5.82 Å². The van der Waals surface area contributed by atoms with Gasteiger partial charge in [-0.3, -0.25) is 4.79 Å². The molecule has 3 nitrogen and oxygen atoms in total. The van der Waals surface area contributed by atoms with Crippen molar-refractivity contribution in [2.45, 2.75) is 39.2 Å². The molecule has 1 atom stereocenters. The Labute approximate surface area is 119 Å². The van der Waals surface area contributed by atoms with Crippen molar-refractivity contribution in [1.82, 2.24) is 5.32 Å². The molecule has 0 radical (unpaired) electrons. The smallest absolute Gasteiger partial charge is 0.254 e. The van der Waals surface area contributed by atoms with Gasteiger partial charge in [-0.1, -0.05) is 32.1 Å². The van der Waals surface area contributed by atoms with Crippen molar-refractivity contribution in [3.8, 4) is 11.8 Å². The van der Waals surface area contributed by atoms with Gasteiger partial charge in [-0.15, -0.1) is 0 Å². The summed E-state index contributed by atoms with van der Waals surface area (Å²) >= 11 is 0. The first-order valence-corrected chi connectivity index (χ1v) is 6.91. The number of rotatable bonds is 5. The highest BCUT2D eigenvalue weighted by atomic mass is 19.1. The van der Waals surface area contributed by atoms with Gasteiger partial charge in [0.05, 0.1) is 12.1 Å². The molecule has 1 aromatic carbocycles. The lowest BCUT2D eigenvalue weighted by atomic mass is 10.1. The highest BCUT2D eigenvalue weighted by molar-refractivity contribution is 5.95. The van der Waals surface area contributed by atoms with Crippen LogP contribution in [-0.2, 0) is 0 Å². The number of hydrogen-bond acceptors (Lipinski definition) is 2. The summed E-state index contributed by atoms with van der Waals surface area (Å²) in [6, 6.07) is 4.34. The van der Waals surface area contributed by atoms with E-state index in [0.29, 0.717) is 5.56 Å². The van der Waals surface area contributed by atoms with Crippen LogP contribution in [0.3, 0.4) is 0 Å². The minimum absolute atomic E-state index is 0.0309. The Bertz CT molecular complexity index is 517. The Kier molecular flexibility index (Phi) is 6.75. The molecule has 1 aromatic rings. The number of carbonyl (C=O) groups excluding carboxylic acids is 1. The summed E-state index contributed by atoms with van der Waals surface area (Å²) in [6.45, 7) is 4.28. The normalized spacial score (nSPS) is 11.4. The van der Waals surface area contributed by atoms with E-state index < -0.39 is 5.82 Å². The second-order valence-corrected chi connectivity index (χ2v) is 4.57. The Hall–Kier alpha value is -1.86. The lowest BCUT2D eigenvalue weighted by Gasteiger charge is -2.16. The van der Waals surface area contributed by atoms with Crippen LogP contribution in [0.15, 0.2) is 18.2 Å². The van der Waals surface area contributed by atoms with Crippen molar-refractivity contribution >= 4 is 5.91 Å². The summed E-state index contributed by atoms with van der Waals surface area (Å²) in [6.07, 6.45) is 2.69. The Balaban J connectivity index is 2.91. The van der Waals surface area contributed by atoms with Gasteiger partial charge in [-0.05, 0) is 31.0 Å². The predicted octanol–water partition coefficient (Wildman–Crippen LogP) is 2.44. The number of benzene rings is 1. The van der Waals surface area contributed by atoms with Crippen LogP contribution in [0.5, 0.6) is 0 Å². The van der Waals surface area contributed by atoms with Gasteiger partial charge in [0, 0.05) is 11.6 Å². The standard InChI is InChI=1S/C16H21FN2O/c1-3-6-13(4-2)19-16(20)14-11-12(7-5-10-18)8-9-15(14)17/h8-9,11,13H,3-4,6,10,18H2,1-2H3,(H,19,20). The van der Waals surface area contributed by atoms with E-state index in [1.54, 1.807) is 0 Å². The van der Waals surface area contributed by atoms with E-state index in [2.05, 4.69) is 24.1 Å². The van der Waals surface area contributed by atoms with E-state index in [9.17, 15) is 9.18 Å². The predicted molar refractivity (Wildman–Crippen MR) is 78.8 cm³/mol. The molecule has 4 heteroatoms. The highest BCUT2D eigenvalue weighted by Crippen LogP contribution is 2.11.